The van der Waals surface area contributed by atoms with Crippen LogP contribution in [0.5, 0.6) is 11.5 Å². The van der Waals surface area contributed by atoms with Crippen LogP contribution in [0.25, 0.3) is 11.5 Å². The molecule has 130 valence electrons. The second-order valence-electron chi connectivity index (χ2n) is 5.61. The number of nitrogens with one attached hydrogen (secondary N) is 1. The fourth-order valence-electron chi connectivity index (χ4n) is 2.60. The predicted octanol–water partition coefficient (Wildman–Crippen LogP) is 3.69. The molecule has 1 aromatic heterocycles. The van der Waals surface area contributed by atoms with Gasteiger partial charge < -0.3 is 19.2 Å². The van der Waals surface area contributed by atoms with E-state index >= 15 is 0 Å². The van der Waals surface area contributed by atoms with Gasteiger partial charge in [-0.05, 0) is 48.9 Å². The van der Waals surface area contributed by atoms with E-state index < -0.39 is 0 Å². The molecule has 0 aliphatic carbocycles. The molecule has 5 nitrogen and oxygen atoms in total. The van der Waals surface area contributed by atoms with Crippen LogP contribution in [0.4, 0.5) is 0 Å². The summed E-state index contributed by atoms with van der Waals surface area (Å²) < 4.78 is 16.1. The molecule has 3 rings (SSSR count). The first kappa shape index (κ1) is 17.0. The summed E-state index contributed by atoms with van der Waals surface area (Å²) in [5, 5.41) is 3.39. The zero-order chi connectivity index (χ0) is 17.5. The third-order valence-electron chi connectivity index (χ3n) is 3.96. The van der Waals surface area contributed by atoms with Gasteiger partial charge in [0, 0.05) is 12.1 Å². The smallest absolute Gasteiger partial charge is 0.226 e. The summed E-state index contributed by atoms with van der Waals surface area (Å²) in [6.45, 7) is 1.50. The molecule has 25 heavy (non-hydrogen) atoms. The Hall–Kier alpha value is -2.79. The Balaban J connectivity index is 1.51. The Morgan fingerprint density at radius 1 is 1.00 bits per heavy atom. The van der Waals surface area contributed by atoms with Crippen LogP contribution in [-0.4, -0.2) is 25.7 Å². The number of para-hydroxylation sites is 1. The number of benzene rings is 2. The summed E-state index contributed by atoms with van der Waals surface area (Å²) in [4.78, 5) is 4.52. The van der Waals surface area contributed by atoms with Gasteiger partial charge in [0.05, 0.1) is 19.9 Å². The SMILES string of the molecule is COc1ccc(-c2nc(CNCCc3ccccc3OC)co2)cc1. The van der Waals surface area contributed by atoms with Crippen LogP contribution in [0, 0.1) is 0 Å². The number of oxazole rings is 1. The van der Waals surface area contributed by atoms with Gasteiger partial charge in [-0.15, -0.1) is 0 Å². The molecule has 0 aliphatic rings. The first-order valence-corrected chi connectivity index (χ1v) is 8.21. The first-order chi connectivity index (χ1) is 12.3. The van der Waals surface area contributed by atoms with Crippen LogP contribution in [0.3, 0.4) is 0 Å². The van der Waals surface area contributed by atoms with Crippen molar-refractivity contribution in [1.29, 1.82) is 0 Å². The summed E-state index contributed by atoms with van der Waals surface area (Å²) in [7, 11) is 3.34. The van der Waals surface area contributed by atoms with Gasteiger partial charge in [0.25, 0.3) is 0 Å². The van der Waals surface area contributed by atoms with Crippen LogP contribution in [0.15, 0.2) is 59.2 Å². The monoisotopic (exact) mass is 338 g/mol. The van der Waals surface area contributed by atoms with Gasteiger partial charge in [0.15, 0.2) is 0 Å². The summed E-state index contributed by atoms with van der Waals surface area (Å²) in [6.07, 6.45) is 2.59. The summed E-state index contributed by atoms with van der Waals surface area (Å²) >= 11 is 0. The van der Waals surface area contributed by atoms with Gasteiger partial charge in [0.1, 0.15) is 17.8 Å². The van der Waals surface area contributed by atoms with Gasteiger partial charge in [-0.1, -0.05) is 18.2 Å². The lowest BCUT2D eigenvalue weighted by Gasteiger charge is -2.08. The average molecular weight is 338 g/mol. The van der Waals surface area contributed by atoms with Crippen LogP contribution in [0.1, 0.15) is 11.3 Å². The lowest BCUT2D eigenvalue weighted by molar-refractivity contribution is 0.409. The molecule has 0 atom stereocenters. The van der Waals surface area contributed by atoms with Gasteiger partial charge in [-0.25, -0.2) is 4.98 Å². The minimum Gasteiger partial charge on any atom is -0.497 e. The third-order valence-corrected chi connectivity index (χ3v) is 3.96. The number of nitrogens with zero attached hydrogens (tertiary/aromatic N) is 1. The summed E-state index contributed by atoms with van der Waals surface area (Å²) in [5.41, 5.74) is 3.00. The van der Waals surface area contributed by atoms with Crippen LogP contribution < -0.4 is 14.8 Å². The van der Waals surface area contributed by atoms with Crippen molar-refractivity contribution in [2.45, 2.75) is 13.0 Å². The highest BCUT2D eigenvalue weighted by Crippen LogP contribution is 2.22. The van der Waals surface area contributed by atoms with E-state index in [0.717, 1.165) is 35.7 Å². The van der Waals surface area contributed by atoms with E-state index in [1.54, 1.807) is 20.5 Å². The summed E-state index contributed by atoms with van der Waals surface area (Å²) in [6, 6.07) is 15.7. The van der Waals surface area contributed by atoms with E-state index in [4.69, 9.17) is 13.9 Å². The quantitative estimate of drug-likeness (QED) is 0.635. The normalized spacial score (nSPS) is 10.6. The van der Waals surface area contributed by atoms with E-state index in [2.05, 4.69) is 16.4 Å². The number of hydrogen-bond acceptors (Lipinski definition) is 5. The molecular formula is C20H22N2O3. The van der Waals surface area contributed by atoms with Crippen molar-refractivity contribution < 1.29 is 13.9 Å². The fourth-order valence-corrected chi connectivity index (χ4v) is 2.60. The average Bonchev–Trinajstić information content (AvgIpc) is 3.14. The fraction of sp³-hybridized carbons (Fsp3) is 0.250. The Morgan fingerprint density at radius 3 is 2.56 bits per heavy atom. The zero-order valence-corrected chi connectivity index (χ0v) is 14.5. The highest BCUT2D eigenvalue weighted by Gasteiger charge is 2.07. The maximum atomic E-state index is 5.56. The molecule has 0 spiro atoms. The van der Waals surface area contributed by atoms with E-state index in [0.29, 0.717) is 12.4 Å². The van der Waals surface area contributed by atoms with Crippen LogP contribution in [0.2, 0.25) is 0 Å². The number of methoxy groups -OCH3 is 2. The van der Waals surface area contributed by atoms with Crippen molar-refractivity contribution in [2.24, 2.45) is 0 Å². The Kier molecular flexibility index (Phi) is 5.69. The van der Waals surface area contributed by atoms with Gasteiger partial charge >= 0.3 is 0 Å². The van der Waals surface area contributed by atoms with Gasteiger partial charge in [-0.3, -0.25) is 0 Å². The molecule has 0 unspecified atom stereocenters. The van der Waals surface area contributed by atoms with E-state index in [1.165, 1.54) is 5.56 Å². The molecule has 1 heterocycles. The highest BCUT2D eigenvalue weighted by molar-refractivity contribution is 5.54. The molecule has 3 aromatic rings. The second kappa shape index (κ2) is 8.35. The predicted molar refractivity (Wildman–Crippen MR) is 96.9 cm³/mol. The zero-order valence-electron chi connectivity index (χ0n) is 14.5. The molecule has 0 amide bonds. The summed E-state index contributed by atoms with van der Waals surface area (Å²) in [5.74, 6) is 2.35. The molecular weight excluding hydrogens is 316 g/mol. The number of ether oxygens (including phenoxy) is 2. The lowest BCUT2D eigenvalue weighted by atomic mass is 10.1. The van der Waals surface area contributed by atoms with Gasteiger partial charge in [0.2, 0.25) is 5.89 Å². The van der Waals surface area contributed by atoms with E-state index in [9.17, 15) is 0 Å². The molecule has 0 radical (unpaired) electrons. The second-order valence-corrected chi connectivity index (χ2v) is 5.61. The molecule has 1 N–H and O–H groups in total. The lowest BCUT2D eigenvalue weighted by Crippen LogP contribution is -2.17. The standard InChI is InChI=1S/C20H22N2O3/c1-23-18-9-7-16(8-10-18)20-22-17(14-25-20)13-21-12-11-15-5-3-4-6-19(15)24-2/h3-10,14,21H,11-13H2,1-2H3. The molecule has 5 heteroatoms. The minimum atomic E-state index is 0.615. The molecule has 0 saturated heterocycles. The molecule has 0 saturated carbocycles. The molecule has 0 aliphatic heterocycles. The number of aromatic nitrogens is 1. The van der Waals surface area contributed by atoms with Crippen molar-refractivity contribution >= 4 is 0 Å². The Bertz CT molecular complexity index is 797. The Morgan fingerprint density at radius 2 is 1.80 bits per heavy atom. The van der Waals surface area contributed by atoms with Crippen LogP contribution >= 0.6 is 0 Å². The highest BCUT2D eigenvalue weighted by atomic mass is 16.5. The maximum absolute atomic E-state index is 5.56. The van der Waals surface area contributed by atoms with Crippen molar-refractivity contribution in [3.8, 4) is 23.0 Å². The van der Waals surface area contributed by atoms with Crippen molar-refractivity contribution in [3.63, 3.8) is 0 Å². The van der Waals surface area contributed by atoms with Gasteiger partial charge in [-0.2, -0.15) is 0 Å². The topological polar surface area (TPSA) is 56.5 Å². The third kappa shape index (κ3) is 4.39. The van der Waals surface area contributed by atoms with Crippen molar-refractivity contribution in [2.75, 3.05) is 20.8 Å². The maximum Gasteiger partial charge on any atom is 0.226 e. The van der Waals surface area contributed by atoms with Crippen molar-refractivity contribution in [3.05, 3.63) is 66.1 Å². The first-order valence-electron chi connectivity index (χ1n) is 8.21. The molecule has 0 bridgehead atoms. The Labute approximate surface area is 147 Å². The molecule has 2 aromatic carbocycles. The number of rotatable bonds is 8. The molecule has 0 fully saturated rings. The number of hydrogen-bond donors (Lipinski definition) is 1. The van der Waals surface area contributed by atoms with Crippen molar-refractivity contribution in [1.82, 2.24) is 10.3 Å². The largest absolute Gasteiger partial charge is 0.497 e. The minimum absolute atomic E-state index is 0.615. The van der Waals surface area contributed by atoms with E-state index in [-0.39, 0.29) is 0 Å². The van der Waals surface area contributed by atoms with Crippen LogP contribution in [-0.2, 0) is 13.0 Å². The van der Waals surface area contributed by atoms with E-state index in [1.807, 2.05) is 42.5 Å².